The molecule has 0 radical (unpaired) electrons. The minimum Gasteiger partial charge on any atom is -0.479 e. The molecular formula is C15H19NO2S2. The molecule has 1 aromatic rings. The van der Waals surface area contributed by atoms with Crippen LogP contribution in [0.25, 0.3) is 0 Å². The molecule has 20 heavy (non-hydrogen) atoms. The van der Waals surface area contributed by atoms with Crippen molar-refractivity contribution in [3.05, 3.63) is 29.8 Å². The first-order chi connectivity index (χ1) is 9.70. The second-order valence-corrected chi connectivity index (χ2v) is 6.21. The number of thioether (sulfide) groups is 1. The fraction of sp³-hybridized carbons (Fsp3) is 0.467. The summed E-state index contributed by atoms with van der Waals surface area (Å²) in [5, 5.41) is 0. The van der Waals surface area contributed by atoms with Crippen molar-refractivity contribution < 1.29 is 9.53 Å². The monoisotopic (exact) mass is 309 g/mol. The number of benzene rings is 1. The Labute approximate surface area is 129 Å². The van der Waals surface area contributed by atoms with Crippen molar-refractivity contribution in [1.29, 1.82) is 0 Å². The van der Waals surface area contributed by atoms with E-state index in [9.17, 15) is 4.79 Å². The fourth-order valence-electron chi connectivity index (χ4n) is 2.20. The van der Waals surface area contributed by atoms with E-state index in [-0.39, 0.29) is 5.78 Å². The lowest BCUT2D eigenvalue weighted by Crippen LogP contribution is -2.17. The first-order valence-corrected chi connectivity index (χ1v) is 8.28. The maximum Gasteiger partial charge on any atom is 0.220 e. The molecule has 108 valence electrons. The lowest BCUT2D eigenvalue weighted by molar-refractivity contribution is 0.102. The number of carbonyl (C=O) groups excluding carboxylic acids is 1. The van der Waals surface area contributed by atoms with Gasteiger partial charge in [0.25, 0.3) is 0 Å². The Kier molecular flexibility index (Phi) is 5.86. The third-order valence-electron chi connectivity index (χ3n) is 3.24. The van der Waals surface area contributed by atoms with E-state index in [1.807, 2.05) is 31.2 Å². The fourth-order valence-corrected chi connectivity index (χ4v) is 3.11. The summed E-state index contributed by atoms with van der Waals surface area (Å²) in [5.41, 5.74) is 1.94. The van der Waals surface area contributed by atoms with Crippen molar-refractivity contribution in [3.63, 3.8) is 0 Å². The van der Waals surface area contributed by atoms with Gasteiger partial charge in [-0.05, 0) is 56.2 Å². The van der Waals surface area contributed by atoms with Crippen molar-refractivity contribution in [3.8, 4) is 0 Å². The maximum absolute atomic E-state index is 12.0. The molecule has 0 unspecified atom stereocenters. The minimum absolute atomic E-state index is 0.0880. The van der Waals surface area contributed by atoms with Crippen LogP contribution in [-0.4, -0.2) is 35.6 Å². The van der Waals surface area contributed by atoms with E-state index in [0.717, 1.165) is 18.7 Å². The van der Waals surface area contributed by atoms with Gasteiger partial charge in [-0.3, -0.25) is 4.79 Å². The van der Waals surface area contributed by atoms with Gasteiger partial charge in [-0.15, -0.1) is 0 Å². The molecule has 1 aromatic carbocycles. The van der Waals surface area contributed by atoms with E-state index < -0.39 is 0 Å². The van der Waals surface area contributed by atoms with Gasteiger partial charge in [-0.25, -0.2) is 0 Å². The Hall–Kier alpha value is -1.07. The molecule has 2 rings (SSSR count). The predicted octanol–water partition coefficient (Wildman–Crippen LogP) is 3.52. The molecule has 1 aliphatic rings. The standard InChI is InChI=1S/C15H19NO2S2/c1-2-18-15(19)20-11-14(17)12-5-7-13(8-6-12)16-9-3-4-10-16/h5-8H,2-4,9-11H2,1H3. The SMILES string of the molecule is CCOC(=S)SCC(=O)c1ccc(N2CCCC2)cc1. The number of ether oxygens (including phenoxy) is 1. The molecule has 0 amide bonds. The zero-order chi connectivity index (χ0) is 14.4. The molecule has 0 spiro atoms. The first-order valence-electron chi connectivity index (χ1n) is 6.88. The molecular weight excluding hydrogens is 290 g/mol. The summed E-state index contributed by atoms with van der Waals surface area (Å²) >= 11 is 6.28. The maximum atomic E-state index is 12.0. The Morgan fingerprint density at radius 3 is 2.55 bits per heavy atom. The quantitative estimate of drug-likeness (QED) is 0.613. The highest BCUT2D eigenvalue weighted by atomic mass is 32.2. The lowest BCUT2D eigenvalue weighted by Gasteiger charge is -2.17. The molecule has 0 aromatic heterocycles. The van der Waals surface area contributed by atoms with Crippen LogP contribution in [0.2, 0.25) is 0 Å². The Balaban J connectivity index is 1.88. The Morgan fingerprint density at radius 2 is 1.95 bits per heavy atom. The zero-order valence-corrected chi connectivity index (χ0v) is 13.3. The average molecular weight is 309 g/mol. The van der Waals surface area contributed by atoms with Crippen molar-refractivity contribution in [2.75, 3.05) is 30.3 Å². The van der Waals surface area contributed by atoms with Crippen LogP contribution in [-0.2, 0) is 4.74 Å². The van der Waals surface area contributed by atoms with E-state index in [1.165, 1.54) is 30.3 Å². The number of anilines is 1. The van der Waals surface area contributed by atoms with Gasteiger partial charge in [0.2, 0.25) is 4.38 Å². The molecule has 0 atom stereocenters. The van der Waals surface area contributed by atoms with Crippen LogP contribution < -0.4 is 4.90 Å². The van der Waals surface area contributed by atoms with E-state index in [0.29, 0.717) is 16.7 Å². The van der Waals surface area contributed by atoms with Crippen LogP contribution in [0.4, 0.5) is 5.69 Å². The summed E-state index contributed by atoms with van der Waals surface area (Å²) in [5.74, 6) is 0.423. The summed E-state index contributed by atoms with van der Waals surface area (Å²) in [7, 11) is 0. The number of ketones is 1. The van der Waals surface area contributed by atoms with E-state index in [1.54, 1.807) is 0 Å². The summed E-state index contributed by atoms with van der Waals surface area (Å²) in [6.07, 6.45) is 2.51. The van der Waals surface area contributed by atoms with Crippen molar-refractivity contribution in [2.45, 2.75) is 19.8 Å². The smallest absolute Gasteiger partial charge is 0.220 e. The molecule has 0 saturated carbocycles. The van der Waals surface area contributed by atoms with Crippen LogP contribution in [0.3, 0.4) is 0 Å². The molecule has 5 heteroatoms. The van der Waals surface area contributed by atoms with E-state index in [4.69, 9.17) is 17.0 Å². The number of thiocarbonyl (C=S) groups is 1. The predicted molar refractivity (Wildman–Crippen MR) is 88.9 cm³/mol. The van der Waals surface area contributed by atoms with Gasteiger partial charge >= 0.3 is 0 Å². The van der Waals surface area contributed by atoms with Gasteiger partial charge in [-0.2, -0.15) is 0 Å². The number of carbonyl (C=O) groups is 1. The molecule has 0 bridgehead atoms. The zero-order valence-electron chi connectivity index (χ0n) is 11.6. The first kappa shape index (κ1) is 15.3. The van der Waals surface area contributed by atoms with Gasteiger partial charge in [0.05, 0.1) is 12.4 Å². The number of Topliss-reactive ketones (excluding diaryl/α,β-unsaturated/α-hetero) is 1. The lowest BCUT2D eigenvalue weighted by atomic mass is 10.1. The molecule has 1 aliphatic heterocycles. The normalized spacial score (nSPS) is 14.3. The van der Waals surface area contributed by atoms with Crippen LogP contribution in [0.1, 0.15) is 30.1 Å². The second-order valence-electron chi connectivity index (χ2n) is 4.64. The van der Waals surface area contributed by atoms with Crippen molar-refractivity contribution in [2.24, 2.45) is 0 Å². The summed E-state index contributed by atoms with van der Waals surface area (Å²) in [6.45, 7) is 4.66. The molecule has 0 N–H and O–H groups in total. The van der Waals surface area contributed by atoms with Gasteiger partial charge in [0.1, 0.15) is 0 Å². The summed E-state index contributed by atoms with van der Waals surface area (Å²) < 4.78 is 5.59. The van der Waals surface area contributed by atoms with Crippen LogP contribution in [0.15, 0.2) is 24.3 Å². The highest BCUT2D eigenvalue weighted by Crippen LogP contribution is 2.21. The van der Waals surface area contributed by atoms with Gasteiger partial charge < -0.3 is 9.64 Å². The molecule has 1 heterocycles. The molecule has 1 fully saturated rings. The van der Waals surface area contributed by atoms with Gasteiger partial charge in [0.15, 0.2) is 5.78 Å². The molecule has 1 saturated heterocycles. The highest BCUT2D eigenvalue weighted by Gasteiger charge is 2.13. The third kappa shape index (κ3) is 4.21. The molecule has 0 aliphatic carbocycles. The summed E-state index contributed by atoms with van der Waals surface area (Å²) in [4.78, 5) is 14.4. The highest BCUT2D eigenvalue weighted by molar-refractivity contribution is 8.23. The van der Waals surface area contributed by atoms with Crippen molar-refractivity contribution >= 4 is 39.8 Å². The van der Waals surface area contributed by atoms with Crippen LogP contribution in [0.5, 0.6) is 0 Å². The second kappa shape index (κ2) is 7.64. The van der Waals surface area contributed by atoms with E-state index >= 15 is 0 Å². The number of hydrogen-bond donors (Lipinski definition) is 0. The number of rotatable bonds is 5. The minimum atomic E-state index is 0.0880. The number of hydrogen-bond acceptors (Lipinski definition) is 5. The molecule has 3 nitrogen and oxygen atoms in total. The van der Waals surface area contributed by atoms with Gasteiger partial charge in [-0.1, -0.05) is 11.8 Å². The topological polar surface area (TPSA) is 29.5 Å². The summed E-state index contributed by atoms with van der Waals surface area (Å²) in [6, 6.07) is 7.87. The largest absolute Gasteiger partial charge is 0.479 e. The van der Waals surface area contributed by atoms with Crippen LogP contribution in [0, 0.1) is 0 Å². The van der Waals surface area contributed by atoms with E-state index in [2.05, 4.69) is 4.90 Å². The Bertz CT molecular complexity index is 467. The Morgan fingerprint density at radius 1 is 1.30 bits per heavy atom. The van der Waals surface area contributed by atoms with Gasteiger partial charge in [0, 0.05) is 24.3 Å². The van der Waals surface area contributed by atoms with Crippen molar-refractivity contribution in [1.82, 2.24) is 0 Å². The van der Waals surface area contributed by atoms with Crippen LogP contribution >= 0.6 is 24.0 Å². The number of nitrogens with zero attached hydrogens (tertiary/aromatic N) is 1. The average Bonchev–Trinajstić information content (AvgIpc) is 2.99. The third-order valence-corrected chi connectivity index (χ3v) is 4.48.